The summed E-state index contributed by atoms with van der Waals surface area (Å²) in [4.78, 5) is 17.1. The summed E-state index contributed by atoms with van der Waals surface area (Å²) in [5, 5.41) is 7.34. The number of pyridine rings is 1. The smallest absolute Gasteiger partial charge is 0.289 e. The number of alkyl halides is 4. The van der Waals surface area contributed by atoms with Crippen molar-refractivity contribution in [3.05, 3.63) is 35.3 Å². The molecule has 0 aliphatic heterocycles. The first kappa shape index (κ1) is 22.6. The van der Waals surface area contributed by atoms with E-state index in [9.17, 15) is 22.4 Å². The Morgan fingerprint density at radius 1 is 1.37 bits per heavy atom. The van der Waals surface area contributed by atoms with Gasteiger partial charge in [-0.05, 0) is 37.1 Å². The van der Waals surface area contributed by atoms with Gasteiger partial charge in [-0.2, -0.15) is 13.9 Å². The van der Waals surface area contributed by atoms with Crippen LogP contribution >= 0.6 is 11.8 Å². The summed E-state index contributed by atoms with van der Waals surface area (Å²) in [7, 11) is 0. The van der Waals surface area contributed by atoms with E-state index >= 15 is 0 Å². The van der Waals surface area contributed by atoms with Crippen LogP contribution in [0.1, 0.15) is 54.9 Å². The molecule has 0 saturated heterocycles. The third-order valence-corrected chi connectivity index (χ3v) is 5.97. The van der Waals surface area contributed by atoms with E-state index in [0.717, 1.165) is 4.68 Å². The number of hydrogen-bond donors (Lipinski definition) is 1. The van der Waals surface area contributed by atoms with Crippen LogP contribution in [0.5, 0.6) is 0 Å². The lowest BCUT2D eigenvalue weighted by Gasteiger charge is -2.24. The van der Waals surface area contributed by atoms with Gasteiger partial charge in [0.2, 0.25) is 5.92 Å². The third kappa shape index (κ3) is 4.79. The molecule has 0 radical (unpaired) electrons. The van der Waals surface area contributed by atoms with Gasteiger partial charge in [-0.1, -0.05) is 6.92 Å². The molecule has 5 nitrogen and oxygen atoms in total. The van der Waals surface area contributed by atoms with E-state index in [-0.39, 0.29) is 37.1 Å². The van der Waals surface area contributed by atoms with E-state index in [1.165, 1.54) is 24.9 Å². The summed E-state index contributed by atoms with van der Waals surface area (Å²) in [6, 6.07) is 3.24. The Morgan fingerprint density at radius 3 is 2.63 bits per heavy atom. The number of rotatable bonds is 6. The van der Waals surface area contributed by atoms with Crippen molar-refractivity contribution in [3.63, 3.8) is 0 Å². The molecule has 2 aromatic rings. The standard InChI is InChI=1S/C20H24F4N4OS/c1-12-15(17(29)26-13-5-8-25-14(9-13)30-4)28(27-16(12)19(3,21)22)11-18(2)6-7-20(23,24)10-18/h5,8-9H,6-7,10-11H2,1-4H3,(H,25,26,29). The maximum Gasteiger partial charge on any atom is 0.289 e. The van der Waals surface area contributed by atoms with E-state index in [2.05, 4.69) is 15.4 Å². The summed E-state index contributed by atoms with van der Waals surface area (Å²) >= 11 is 1.39. The van der Waals surface area contributed by atoms with Crippen molar-refractivity contribution in [1.82, 2.24) is 14.8 Å². The molecule has 0 bridgehead atoms. The molecular weight excluding hydrogens is 420 g/mol. The summed E-state index contributed by atoms with van der Waals surface area (Å²) in [6.07, 6.45) is 2.94. The van der Waals surface area contributed by atoms with Crippen LogP contribution in [0.2, 0.25) is 0 Å². The predicted octanol–water partition coefficient (Wildman–Crippen LogP) is 5.50. The fraction of sp³-hybridized carbons (Fsp3) is 0.550. The van der Waals surface area contributed by atoms with E-state index in [1.54, 1.807) is 19.1 Å². The number of carbonyl (C=O) groups excluding carboxylic acids is 1. The zero-order chi connectivity index (χ0) is 22.3. The van der Waals surface area contributed by atoms with Crippen LogP contribution in [-0.2, 0) is 12.5 Å². The van der Waals surface area contributed by atoms with Crippen molar-refractivity contribution >= 4 is 23.4 Å². The highest BCUT2D eigenvalue weighted by atomic mass is 32.2. The lowest BCUT2D eigenvalue weighted by Crippen LogP contribution is -2.27. The highest BCUT2D eigenvalue weighted by Gasteiger charge is 2.47. The van der Waals surface area contributed by atoms with Gasteiger partial charge in [0.25, 0.3) is 11.8 Å². The van der Waals surface area contributed by atoms with Gasteiger partial charge < -0.3 is 5.32 Å². The van der Waals surface area contributed by atoms with Crippen LogP contribution in [0.4, 0.5) is 23.2 Å². The number of carbonyl (C=O) groups is 1. The van der Waals surface area contributed by atoms with Crippen molar-refractivity contribution in [1.29, 1.82) is 0 Å². The topological polar surface area (TPSA) is 59.8 Å². The minimum atomic E-state index is -3.27. The molecule has 1 atom stereocenters. The monoisotopic (exact) mass is 444 g/mol. The average Bonchev–Trinajstić information content (AvgIpc) is 3.10. The molecular formula is C20H24F4N4OS. The molecule has 1 unspecified atom stereocenters. The zero-order valence-corrected chi connectivity index (χ0v) is 18.0. The Kier molecular flexibility index (Phi) is 5.92. The van der Waals surface area contributed by atoms with Crippen LogP contribution in [0.25, 0.3) is 0 Å². The molecule has 164 valence electrons. The number of amides is 1. The normalized spacial score (nSPS) is 21.1. The minimum absolute atomic E-state index is 0.0347. The van der Waals surface area contributed by atoms with Crippen LogP contribution in [0.15, 0.2) is 23.4 Å². The first-order valence-electron chi connectivity index (χ1n) is 9.48. The maximum absolute atomic E-state index is 14.1. The minimum Gasteiger partial charge on any atom is -0.321 e. The molecule has 1 aliphatic rings. The second-order valence-electron chi connectivity index (χ2n) is 8.25. The molecule has 1 N–H and O–H groups in total. The molecule has 0 spiro atoms. The lowest BCUT2D eigenvalue weighted by atomic mass is 9.88. The zero-order valence-electron chi connectivity index (χ0n) is 17.2. The quantitative estimate of drug-likeness (QED) is 0.472. The molecule has 1 amide bonds. The Bertz CT molecular complexity index is 957. The second-order valence-corrected chi connectivity index (χ2v) is 9.08. The first-order valence-corrected chi connectivity index (χ1v) is 10.7. The highest BCUT2D eigenvalue weighted by Crippen LogP contribution is 2.48. The first-order chi connectivity index (χ1) is 13.8. The van der Waals surface area contributed by atoms with E-state index in [1.807, 2.05) is 6.26 Å². The maximum atomic E-state index is 14.1. The number of hydrogen-bond acceptors (Lipinski definition) is 4. The average molecular weight is 444 g/mol. The molecule has 1 fully saturated rings. The van der Waals surface area contributed by atoms with E-state index < -0.39 is 28.9 Å². The number of thioether (sulfide) groups is 1. The van der Waals surface area contributed by atoms with E-state index in [0.29, 0.717) is 17.6 Å². The fourth-order valence-electron chi connectivity index (χ4n) is 3.94. The molecule has 3 rings (SSSR count). The van der Waals surface area contributed by atoms with Crippen molar-refractivity contribution in [2.45, 2.75) is 63.4 Å². The van der Waals surface area contributed by atoms with Gasteiger partial charge in [-0.15, -0.1) is 11.8 Å². The van der Waals surface area contributed by atoms with Crippen LogP contribution in [-0.4, -0.2) is 32.8 Å². The Morgan fingerprint density at radius 2 is 2.07 bits per heavy atom. The van der Waals surface area contributed by atoms with Gasteiger partial charge in [0, 0.05) is 43.8 Å². The number of halogens is 4. The van der Waals surface area contributed by atoms with Gasteiger partial charge in [-0.25, -0.2) is 13.8 Å². The summed E-state index contributed by atoms with van der Waals surface area (Å²) < 4.78 is 56.9. The fourth-order valence-corrected chi connectivity index (χ4v) is 4.35. The van der Waals surface area contributed by atoms with Gasteiger partial charge in [-0.3, -0.25) is 9.48 Å². The molecule has 1 aliphatic carbocycles. The highest BCUT2D eigenvalue weighted by molar-refractivity contribution is 7.98. The summed E-state index contributed by atoms with van der Waals surface area (Å²) in [5.74, 6) is -6.70. The van der Waals surface area contributed by atoms with Crippen molar-refractivity contribution in [2.75, 3.05) is 11.6 Å². The third-order valence-electron chi connectivity index (χ3n) is 5.33. The molecule has 2 aromatic heterocycles. The van der Waals surface area contributed by atoms with E-state index in [4.69, 9.17) is 0 Å². The Balaban J connectivity index is 1.97. The SMILES string of the molecule is CSc1cc(NC(=O)c2c(C)c(C(C)(F)F)nn2CC2(C)CCC(F)(F)C2)ccn1. The lowest BCUT2D eigenvalue weighted by molar-refractivity contribution is -0.00489. The molecule has 0 aromatic carbocycles. The number of anilines is 1. The number of aromatic nitrogens is 3. The van der Waals surface area contributed by atoms with Crippen LogP contribution < -0.4 is 5.32 Å². The molecule has 30 heavy (non-hydrogen) atoms. The van der Waals surface area contributed by atoms with Gasteiger partial charge >= 0.3 is 0 Å². The number of nitrogens with zero attached hydrogens (tertiary/aromatic N) is 3. The molecule has 10 heteroatoms. The van der Waals surface area contributed by atoms with Crippen LogP contribution in [0, 0.1) is 12.3 Å². The largest absolute Gasteiger partial charge is 0.321 e. The Labute approximate surface area is 176 Å². The summed E-state index contributed by atoms with van der Waals surface area (Å²) in [5.41, 5.74) is -0.937. The van der Waals surface area contributed by atoms with Gasteiger partial charge in [0.1, 0.15) is 11.4 Å². The second kappa shape index (κ2) is 7.86. The van der Waals surface area contributed by atoms with Gasteiger partial charge in [0.05, 0.1) is 5.03 Å². The van der Waals surface area contributed by atoms with Crippen molar-refractivity contribution < 1.29 is 22.4 Å². The molecule has 2 heterocycles. The van der Waals surface area contributed by atoms with Gasteiger partial charge in [0.15, 0.2) is 0 Å². The number of nitrogens with one attached hydrogen (secondary N) is 1. The van der Waals surface area contributed by atoms with Crippen molar-refractivity contribution in [2.24, 2.45) is 5.41 Å². The van der Waals surface area contributed by atoms with Crippen LogP contribution in [0.3, 0.4) is 0 Å². The summed E-state index contributed by atoms with van der Waals surface area (Å²) in [6.45, 7) is 3.72. The predicted molar refractivity (Wildman–Crippen MR) is 107 cm³/mol. The molecule has 1 saturated carbocycles. The van der Waals surface area contributed by atoms with Crippen molar-refractivity contribution in [3.8, 4) is 0 Å². The Hall–Kier alpha value is -2.10.